The summed E-state index contributed by atoms with van der Waals surface area (Å²) in [6.45, 7) is 3.84. The van der Waals surface area contributed by atoms with Crippen molar-refractivity contribution in [3.63, 3.8) is 0 Å². The molecule has 0 radical (unpaired) electrons. The van der Waals surface area contributed by atoms with Gasteiger partial charge >= 0.3 is 11.9 Å². The maximum atomic E-state index is 14.2. The van der Waals surface area contributed by atoms with Gasteiger partial charge in [-0.15, -0.1) is 6.42 Å². The molecule has 1 fully saturated rings. The highest BCUT2D eigenvalue weighted by atomic mass is 35.5. The van der Waals surface area contributed by atoms with Crippen LogP contribution in [0, 0.1) is 12.3 Å². The zero-order valence-electron chi connectivity index (χ0n) is 20.9. The number of alkyl halides is 3. The molecule has 1 unspecified atom stereocenters. The number of H-pyrrole nitrogens is 1. The van der Waals surface area contributed by atoms with Crippen LogP contribution in [0.3, 0.4) is 0 Å². The number of hydrogen-bond donors (Lipinski definition) is 1. The van der Waals surface area contributed by atoms with E-state index in [9.17, 15) is 27.3 Å². The normalized spacial score (nSPS) is 15.9. The Kier molecular flexibility index (Phi) is 9.05. The van der Waals surface area contributed by atoms with Crippen molar-refractivity contribution in [2.75, 3.05) is 38.5 Å². The smallest absolute Gasteiger partial charge is 0.416 e. The molecule has 0 saturated carbocycles. The van der Waals surface area contributed by atoms with Gasteiger partial charge in [0.15, 0.2) is 4.90 Å². The highest BCUT2D eigenvalue weighted by molar-refractivity contribution is 7.91. The van der Waals surface area contributed by atoms with E-state index in [1.165, 1.54) is 18.2 Å². The zero-order valence-corrected chi connectivity index (χ0v) is 23.2. The van der Waals surface area contributed by atoms with Crippen LogP contribution in [0.25, 0.3) is 10.9 Å². The summed E-state index contributed by atoms with van der Waals surface area (Å²) < 4.78 is 55.9. The van der Waals surface area contributed by atoms with Crippen molar-refractivity contribution in [3.8, 4) is 12.3 Å². The first-order valence-electron chi connectivity index (χ1n) is 12.0. The van der Waals surface area contributed by atoms with Crippen LogP contribution in [0.5, 0.6) is 0 Å². The number of halogens is 5. The fourth-order valence-electron chi connectivity index (χ4n) is 4.62. The summed E-state index contributed by atoms with van der Waals surface area (Å²) in [6, 6.07) is 5.28. The molecule has 0 amide bonds. The molecule has 1 saturated heterocycles. The van der Waals surface area contributed by atoms with Gasteiger partial charge in [-0.3, -0.25) is 19.2 Å². The van der Waals surface area contributed by atoms with Crippen LogP contribution in [0.4, 0.5) is 13.2 Å². The molecule has 1 atom stereocenters. The fourth-order valence-corrected chi connectivity index (χ4v) is 6.07. The Bertz CT molecular complexity index is 1540. The zero-order chi connectivity index (χ0) is 28.5. The standard InChI is InChI=1S/C26H25Cl2F3N4O3S/c1-3-7-33-8-10-34(11-9-33)15-19-20(26(29,30)31)13-18-23(22(19)28)32-25(37)35(24(18)36)14-16-12-17(27)5-6-21(16)39(38)4-2/h1,5-6,12-13H,4,7-11,14-15H2,2H3,(H,32,37). The molecule has 3 aromatic rings. The second-order valence-corrected chi connectivity index (χ2v) is 11.6. The summed E-state index contributed by atoms with van der Waals surface area (Å²) in [6.07, 6.45) is 0.545. The molecule has 1 aromatic heterocycles. The van der Waals surface area contributed by atoms with Gasteiger partial charge < -0.3 is 9.54 Å². The number of nitrogens with one attached hydrogen (secondary N) is 1. The summed E-state index contributed by atoms with van der Waals surface area (Å²) >= 11 is 11.1. The Balaban J connectivity index is 1.80. The van der Waals surface area contributed by atoms with Crippen molar-refractivity contribution in [3.05, 3.63) is 71.8 Å². The molecular weight excluding hydrogens is 576 g/mol. The predicted molar refractivity (Wildman–Crippen MR) is 147 cm³/mol. The van der Waals surface area contributed by atoms with Gasteiger partial charge in [0.25, 0.3) is 5.56 Å². The summed E-state index contributed by atoms with van der Waals surface area (Å²) in [5.74, 6) is 2.84. The third-order valence-corrected chi connectivity index (χ3v) is 8.71. The lowest BCUT2D eigenvalue weighted by Gasteiger charge is -2.34. The van der Waals surface area contributed by atoms with Gasteiger partial charge in [0.05, 0.1) is 34.6 Å². The van der Waals surface area contributed by atoms with Crippen molar-refractivity contribution in [2.45, 2.75) is 31.1 Å². The Hall–Kier alpha value is -2.46. The molecule has 1 aliphatic rings. The molecule has 13 heteroatoms. The molecule has 2 heterocycles. The number of rotatable bonds is 7. The van der Waals surface area contributed by atoms with Crippen LogP contribution in [-0.4, -0.2) is 62.4 Å². The lowest BCUT2D eigenvalue weighted by molar-refractivity contribution is -0.138. The van der Waals surface area contributed by atoms with E-state index >= 15 is 0 Å². The summed E-state index contributed by atoms with van der Waals surface area (Å²) in [7, 11) is 0. The lowest BCUT2D eigenvalue weighted by Crippen LogP contribution is -2.46. The van der Waals surface area contributed by atoms with Gasteiger partial charge in [0.1, 0.15) is 5.75 Å². The first kappa shape index (κ1) is 29.5. The van der Waals surface area contributed by atoms with Crippen molar-refractivity contribution in [1.82, 2.24) is 19.4 Å². The number of aromatic amines is 1. The molecule has 1 N–H and O–H groups in total. The van der Waals surface area contributed by atoms with Crippen molar-refractivity contribution in [1.29, 1.82) is 0 Å². The van der Waals surface area contributed by atoms with Crippen LogP contribution in [0.2, 0.25) is 10.0 Å². The SMILES string of the molecule is C#CCN1CCN(Cc2c(C(F)(F)F)cc3c(=O)n(Cc4cc(Cl)ccc4[S+]([O-])CC)c(=O)[nH]c3c2Cl)CC1. The third kappa shape index (κ3) is 6.32. The first-order valence-corrected chi connectivity index (χ1v) is 14.1. The highest BCUT2D eigenvalue weighted by Crippen LogP contribution is 2.38. The number of piperazine rings is 1. The molecule has 0 spiro atoms. The number of terminal acetylenes is 1. The monoisotopic (exact) mass is 600 g/mol. The highest BCUT2D eigenvalue weighted by Gasteiger charge is 2.36. The summed E-state index contributed by atoms with van der Waals surface area (Å²) in [4.78, 5) is 33.1. The summed E-state index contributed by atoms with van der Waals surface area (Å²) in [5.41, 5.74) is -2.90. The molecule has 7 nitrogen and oxygen atoms in total. The molecular formula is C26H25Cl2F3N4O3S. The van der Waals surface area contributed by atoms with E-state index in [1.807, 2.05) is 9.80 Å². The topological polar surface area (TPSA) is 84.4 Å². The minimum atomic E-state index is -4.80. The maximum absolute atomic E-state index is 14.2. The molecule has 0 bridgehead atoms. The van der Waals surface area contributed by atoms with E-state index in [-0.39, 0.29) is 40.3 Å². The molecule has 2 aromatic carbocycles. The van der Waals surface area contributed by atoms with E-state index in [4.69, 9.17) is 29.6 Å². The van der Waals surface area contributed by atoms with E-state index < -0.39 is 34.2 Å². The second kappa shape index (κ2) is 12.0. The lowest BCUT2D eigenvalue weighted by atomic mass is 10.0. The number of aromatic nitrogens is 2. The predicted octanol–water partition coefficient (Wildman–Crippen LogP) is 3.94. The Labute approximate surface area is 235 Å². The van der Waals surface area contributed by atoms with Gasteiger partial charge in [-0.05, 0) is 47.9 Å². The Morgan fingerprint density at radius 2 is 1.77 bits per heavy atom. The van der Waals surface area contributed by atoms with Crippen LogP contribution in [0.1, 0.15) is 23.6 Å². The minimum Gasteiger partial charge on any atom is -0.611 e. The van der Waals surface area contributed by atoms with E-state index in [1.54, 1.807) is 6.92 Å². The van der Waals surface area contributed by atoms with E-state index in [0.717, 1.165) is 10.6 Å². The largest absolute Gasteiger partial charge is 0.611 e. The van der Waals surface area contributed by atoms with Crippen molar-refractivity contribution >= 4 is 45.3 Å². The number of fused-ring (bicyclic) bond motifs is 1. The average molecular weight is 601 g/mol. The molecule has 4 rings (SSSR count). The van der Waals surface area contributed by atoms with Crippen LogP contribution in [-0.2, 0) is 30.4 Å². The van der Waals surface area contributed by atoms with Crippen LogP contribution < -0.4 is 11.2 Å². The molecule has 1 aliphatic heterocycles. The number of benzene rings is 2. The number of hydrogen-bond acceptors (Lipinski definition) is 5. The Morgan fingerprint density at radius 1 is 1.10 bits per heavy atom. The van der Waals surface area contributed by atoms with Gasteiger partial charge in [0, 0.05) is 43.3 Å². The molecule has 39 heavy (non-hydrogen) atoms. The minimum absolute atomic E-state index is 0.118. The van der Waals surface area contributed by atoms with Gasteiger partial charge in [0.2, 0.25) is 0 Å². The van der Waals surface area contributed by atoms with Gasteiger partial charge in [-0.1, -0.05) is 29.1 Å². The average Bonchev–Trinajstić information content (AvgIpc) is 2.88. The van der Waals surface area contributed by atoms with Gasteiger partial charge in [-0.2, -0.15) is 13.2 Å². The second-order valence-electron chi connectivity index (χ2n) is 9.10. The van der Waals surface area contributed by atoms with E-state index in [2.05, 4.69) is 10.9 Å². The fraction of sp³-hybridized carbons (Fsp3) is 0.385. The number of nitrogens with zero attached hydrogens (tertiary/aromatic N) is 3. The van der Waals surface area contributed by atoms with Crippen LogP contribution >= 0.6 is 23.2 Å². The quantitative estimate of drug-likeness (QED) is 0.328. The maximum Gasteiger partial charge on any atom is 0.416 e. The molecule has 208 valence electrons. The van der Waals surface area contributed by atoms with Crippen molar-refractivity contribution < 1.29 is 17.7 Å². The molecule has 0 aliphatic carbocycles. The third-order valence-electron chi connectivity index (χ3n) is 6.65. The Morgan fingerprint density at radius 3 is 2.38 bits per heavy atom. The van der Waals surface area contributed by atoms with Crippen molar-refractivity contribution in [2.24, 2.45) is 0 Å². The van der Waals surface area contributed by atoms with Crippen LogP contribution in [0.15, 0.2) is 38.8 Å². The first-order chi connectivity index (χ1) is 18.4. The van der Waals surface area contributed by atoms with Gasteiger partial charge in [-0.25, -0.2) is 4.79 Å². The van der Waals surface area contributed by atoms with E-state index in [0.29, 0.717) is 48.2 Å². The summed E-state index contributed by atoms with van der Waals surface area (Å²) in [5, 5.41) is -0.420.